The number of rotatable bonds is 3. The summed E-state index contributed by atoms with van der Waals surface area (Å²) in [5.74, 6) is 1.97. The predicted molar refractivity (Wildman–Crippen MR) is 73.6 cm³/mol. The molecule has 0 aromatic heterocycles. The van der Waals surface area contributed by atoms with Crippen LogP contribution in [0.5, 0.6) is 0 Å². The van der Waals surface area contributed by atoms with Crippen molar-refractivity contribution in [1.29, 1.82) is 0 Å². The normalized spacial score (nSPS) is 33.9. The van der Waals surface area contributed by atoms with E-state index in [1.807, 2.05) is 12.1 Å². The van der Waals surface area contributed by atoms with Crippen molar-refractivity contribution in [3.05, 3.63) is 34.9 Å². The molecule has 0 saturated heterocycles. The van der Waals surface area contributed by atoms with Crippen LogP contribution in [0.15, 0.2) is 24.3 Å². The maximum absolute atomic E-state index is 12.6. The Morgan fingerprint density at radius 1 is 1.33 bits per heavy atom. The lowest BCUT2D eigenvalue weighted by Crippen LogP contribution is -2.25. The lowest BCUT2D eigenvalue weighted by Gasteiger charge is -2.18. The molecular weight excluding hydrogens is 244 g/mol. The topological polar surface area (TPSA) is 17.1 Å². The first-order valence-corrected chi connectivity index (χ1v) is 7.19. The van der Waals surface area contributed by atoms with Crippen LogP contribution in [0.1, 0.15) is 32.3 Å². The van der Waals surface area contributed by atoms with Crippen molar-refractivity contribution in [2.24, 2.45) is 23.2 Å². The summed E-state index contributed by atoms with van der Waals surface area (Å²) in [6.45, 7) is 4.34. The molecule has 18 heavy (non-hydrogen) atoms. The summed E-state index contributed by atoms with van der Waals surface area (Å²) in [5, 5.41) is 0.765. The van der Waals surface area contributed by atoms with Crippen LogP contribution >= 0.6 is 11.6 Å². The van der Waals surface area contributed by atoms with Gasteiger partial charge in [-0.15, -0.1) is 0 Å². The van der Waals surface area contributed by atoms with E-state index in [9.17, 15) is 4.79 Å². The number of hydrogen-bond donors (Lipinski definition) is 0. The van der Waals surface area contributed by atoms with E-state index in [0.29, 0.717) is 23.5 Å². The zero-order valence-electron chi connectivity index (χ0n) is 10.9. The molecule has 0 bridgehead atoms. The largest absolute Gasteiger partial charge is 0.299 e. The highest BCUT2D eigenvalue weighted by atomic mass is 35.5. The van der Waals surface area contributed by atoms with Gasteiger partial charge in [0.2, 0.25) is 0 Å². The standard InChI is InChI=1S/C16H19ClO/c1-10(2)14-7-12-9-16(12,15(14)18)8-11-3-5-13(17)6-4-11/h3-6,10,12,14H,7-9H2,1-2H3. The highest BCUT2D eigenvalue weighted by molar-refractivity contribution is 6.30. The zero-order chi connectivity index (χ0) is 12.9. The maximum Gasteiger partial charge on any atom is 0.142 e. The van der Waals surface area contributed by atoms with Crippen LogP contribution < -0.4 is 0 Å². The van der Waals surface area contributed by atoms with Gasteiger partial charge in [0.15, 0.2) is 0 Å². The molecule has 2 heteroatoms. The summed E-state index contributed by atoms with van der Waals surface area (Å²) in [6, 6.07) is 7.96. The Balaban J connectivity index is 1.78. The molecule has 1 aromatic rings. The van der Waals surface area contributed by atoms with Gasteiger partial charge in [-0.2, -0.15) is 0 Å². The fraction of sp³-hybridized carbons (Fsp3) is 0.562. The number of carbonyl (C=O) groups excluding carboxylic acids is 1. The molecule has 0 aliphatic heterocycles. The van der Waals surface area contributed by atoms with Gasteiger partial charge in [-0.1, -0.05) is 37.6 Å². The van der Waals surface area contributed by atoms with Gasteiger partial charge in [0.1, 0.15) is 5.78 Å². The third kappa shape index (κ3) is 1.80. The number of halogens is 1. The minimum Gasteiger partial charge on any atom is -0.299 e. The van der Waals surface area contributed by atoms with Crippen molar-refractivity contribution in [1.82, 2.24) is 0 Å². The summed E-state index contributed by atoms with van der Waals surface area (Å²) in [4.78, 5) is 12.6. The predicted octanol–water partition coefficient (Wildman–Crippen LogP) is 4.13. The van der Waals surface area contributed by atoms with Crippen molar-refractivity contribution in [2.75, 3.05) is 0 Å². The van der Waals surface area contributed by atoms with Gasteiger partial charge in [0.25, 0.3) is 0 Å². The first-order valence-electron chi connectivity index (χ1n) is 6.82. The summed E-state index contributed by atoms with van der Waals surface area (Å²) >= 11 is 5.90. The Bertz CT molecular complexity index is 476. The van der Waals surface area contributed by atoms with Gasteiger partial charge in [-0.25, -0.2) is 0 Å². The molecule has 3 unspecified atom stereocenters. The monoisotopic (exact) mass is 262 g/mol. The van der Waals surface area contributed by atoms with E-state index in [0.717, 1.165) is 24.3 Å². The lowest BCUT2D eigenvalue weighted by molar-refractivity contribution is -0.127. The molecule has 0 heterocycles. The number of hydrogen-bond acceptors (Lipinski definition) is 1. The minimum atomic E-state index is -0.0111. The molecule has 1 aromatic carbocycles. The van der Waals surface area contributed by atoms with E-state index in [1.54, 1.807) is 0 Å². The van der Waals surface area contributed by atoms with E-state index in [4.69, 9.17) is 11.6 Å². The Kier molecular flexibility index (Phi) is 2.78. The number of ketones is 1. The fourth-order valence-corrected chi connectivity index (χ4v) is 3.75. The van der Waals surface area contributed by atoms with Gasteiger partial charge in [0.05, 0.1) is 0 Å². The molecule has 0 radical (unpaired) electrons. The molecule has 96 valence electrons. The SMILES string of the molecule is CC(C)C1CC2CC2(Cc2ccc(Cl)cc2)C1=O. The van der Waals surface area contributed by atoms with Gasteiger partial charge in [-0.05, 0) is 48.8 Å². The van der Waals surface area contributed by atoms with E-state index >= 15 is 0 Å². The van der Waals surface area contributed by atoms with E-state index in [2.05, 4.69) is 26.0 Å². The van der Waals surface area contributed by atoms with Gasteiger partial charge >= 0.3 is 0 Å². The van der Waals surface area contributed by atoms with Crippen LogP contribution in [-0.4, -0.2) is 5.78 Å². The molecule has 3 rings (SSSR count). The first kappa shape index (κ1) is 12.2. The van der Waals surface area contributed by atoms with Crippen molar-refractivity contribution < 1.29 is 4.79 Å². The molecule has 0 spiro atoms. The van der Waals surface area contributed by atoms with Crippen LogP contribution in [0.3, 0.4) is 0 Å². The number of carbonyl (C=O) groups is 1. The van der Waals surface area contributed by atoms with Gasteiger partial charge in [-0.3, -0.25) is 4.79 Å². The molecule has 3 atom stereocenters. The van der Waals surface area contributed by atoms with Crippen molar-refractivity contribution in [2.45, 2.75) is 33.1 Å². The molecule has 1 nitrogen and oxygen atoms in total. The van der Waals surface area contributed by atoms with Crippen LogP contribution in [0.2, 0.25) is 5.02 Å². The average molecular weight is 263 g/mol. The minimum absolute atomic E-state index is 0.0111. The van der Waals surface area contributed by atoms with E-state index in [-0.39, 0.29) is 5.41 Å². The van der Waals surface area contributed by atoms with Crippen LogP contribution in [0.25, 0.3) is 0 Å². The summed E-state index contributed by atoms with van der Waals surface area (Å²) in [5.41, 5.74) is 1.24. The van der Waals surface area contributed by atoms with Gasteiger partial charge < -0.3 is 0 Å². The Labute approximate surface area is 114 Å². The van der Waals surface area contributed by atoms with Crippen LogP contribution in [0.4, 0.5) is 0 Å². The Hall–Kier alpha value is -0.820. The molecule has 2 saturated carbocycles. The highest BCUT2D eigenvalue weighted by Crippen LogP contribution is 2.65. The second kappa shape index (κ2) is 4.09. The molecule has 0 N–H and O–H groups in total. The maximum atomic E-state index is 12.6. The van der Waals surface area contributed by atoms with Crippen molar-refractivity contribution >= 4 is 17.4 Å². The average Bonchev–Trinajstić information content (AvgIpc) is 2.95. The van der Waals surface area contributed by atoms with Crippen molar-refractivity contribution in [3.8, 4) is 0 Å². The molecule has 2 fully saturated rings. The molecule has 0 amide bonds. The quantitative estimate of drug-likeness (QED) is 0.800. The number of Topliss-reactive ketones (excluding diaryl/α,β-unsaturated/α-hetero) is 1. The fourth-order valence-electron chi connectivity index (χ4n) is 3.62. The summed E-state index contributed by atoms with van der Waals surface area (Å²) < 4.78 is 0. The second-order valence-corrected chi connectivity index (χ2v) is 6.75. The second-order valence-electron chi connectivity index (χ2n) is 6.31. The van der Waals surface area contributed by atoms with E-state index < -0.39 is 0 Å². The smallest absolute Gasteiger partial charge is 0.142 e. The van der Waals surface area contributed by atoms with Crippen LogP contribution in [0, 0.1) is 23.2 Å². The van der Waals surface area contributed by atoms with E-state index in [1.165, 1.54) is 5.56 Å². The molecule has 2 aliphatic carbocycles. The highest BCUT2D eigenvalue weighted by Gasteiger charge is 2.66. The zero-order valence-corrected chi connectivity index (χ0v) is 11.7. The Morgan fingerprint density at radius 3 is 2.56 bits per heavy atom. The first-order chi connectivity index (χ1) is 8.53. The number of fused-ring (bicyclic) bond motifs is 1. The Morgan fingerprint density at radius 2 is 2.00 bits per heavy atom. The summed E-state index contributed by atoms with van der Waals surface area (Å²) in [6.07, 6.45) is 3.14. The third-order valence-electron chi connectivity index (χ3n) is 4.84. The van der Waals surface area contributed by atoms with Crippen LogP contribution in [-0.2, 0) is 11.2 Å². The summed E-state index contributed by atoms with van der Waals surface area (Å²) in [7, 11) is 0. The molecule has 2 aliphatic rings. The van der Waals surface area contributed by atoms with Crippen molar-refractivity contribution in [3.63, 3.8) is 0 Å². The third-order valence-corrected chi connectivity index (χ3v) is 5.09. The number of benzene rings is 1. The lowest BCUT2D eigenvalue weighted by atomic mass is 9.84. The van der Waals surface area contributed by atoms with Gasteiger partial charge in [0, 0.05) is 16.4 Å². The molecular formula is C16H19ClO.